The third-order valence-electron chi connectivity index (χ3n) is 14.0. The molecule has 0 radical (unpaired) electrons. The molecule has 348 valence electrons. The number of nitrogens with zero attached hydrogens (tertiary/aromatic N) is 3. The molecule has 0 unspecified atom stereocenters. The summed E-state index contributed by atoms with van der Waals surface area (Å²) >= 11 is 0. The highest BCUT2D eigenvalue weighted by Crippen LogP contribution is 2.32. The molecule has 3 aromatic carbocycles. The Morgan fingerprint density at radius 3 is 2.04 bits per heavy atom. The topological polar surface area (TPSA) is 248 Å². The molecule has 67 heavy (non-hydrogen) atoms. The Bertz CT molecular complexity index is 2730. The van der Waals surface area contributed by atoms with Gasteiger partial charge in [0.2, 0.25) is 35.4 Å². The smallest absolute Gasteiger partial charge is 0.246 e. The van der Waals surface area contributed by atoms with Gasteiger partial charge in [-0.2, -0.15) is 5.26 Å². The van der Waals surface area contributed by atoms with E-state index >= 15 is 0 Å². The largest absolute Gasteiger partial charge is 0.372 e. The summed E-state index contributed by atoms with van der Waals surface area (Å²) in [4.78, 5) is 98.3. The van der Waals surface area contributed by atoms with Crippen LogP contribution in [0.15, 0.2) is 85.2 Å². The number of hydrogen-bond acceptors (Lipinski definition) is 9. The van der Waals surface area contributed by atoms with Crippen LogP contribution < -0.4 is 27.0 Å². The Labute approximate surface area is 387 Å². The van der Waals surface area contributed by atoms with Gasteiger partial charge in [-0.05, 0) is 79.6 Å². The second kappa shape index (κ2) is 19.4. The number of aromatic amines is 2. The highest BCUT2D eigenvalue weighted by atomic mass is 16.5. The maximum absolute atomic E-state index is 14.9. The number of aromatic nitrogens is 2. The standard InChI is InChI=1S/C50H56N10O7/c51-19-16-39-47(64)59-20-8-15-42(59)48(65)60-28-34(67-29-31-10-7-9-30(21-31)25-52)24-43(60)46(63)56-41(23-33-27-54-38-14-4-2-12-36(33)38)45(62)58-50(17-5-6-18-50)49(66)57-40(44(61)55-39)22-32-26-53-37-13-3-1-11-35(32)37/h1-4,7,9-14,21,26-27,34,39-43,53-54H,5-6,8,15-20,22-24,28-29,51H2,(H,55,61)(H,56,63)(H,57,66)(H,58,62)/t34-,39-,40-,41-,42+,43+/m0/s1. The van der Waals surface area contributed by atoms with E-state index in [0.717, 1.165) is 38.5 Å². The van der Waals surface area contributed by atoms with E-state index < -0.39 is 77.3 Å². The van der Waals surface area contributed by atoms with E-state index in [-0.39, 0.29) is 64.8 Å². The SMILES string of the molecule is N#Cc1cccc(CO[C@H]2C[C@@H]3C(=O)N[C@@H](Cc4c[nH]c5ccccc45)C(=O)NC4(CCCC4)C(=O)N[C@@H](Cc4c[nH]c5ccccc45)C(=O)N[C@@H](CCN)C(=O)N4CCC[C@@H]4C(=O)N3C2)c1. The van der Waals surface area contributed by atoms with Gasteiger partial charge in [0.05, 0.1) is 24.3 Å². The van der Waals surface area contributed by atoms with Gasteiger partial charge in [-0.1, -0.05) is 61.4 Å². The van der Waals surface area contributed by atoms with Gasteiger partial charge in [0.25, 0.3) is 0 Å². The molecule has 5 aromatic rings. The van der Waals surface area contributed by atoms with Crippen molar-refractivity contribution in [2.45, 2.75) is 113 Å². The minimum atomic E-state index is -1.43. The summed E-state index contributed by atoms with van der Waals surface area (Å²) in [6.45, 7) is 0.412. The third-order valence-corrected chi connectivity index (χ3v) is 14.0. The zero-order valence-corrected chi connectivity index (χ0v) is 37.2. The molecule has 17 heteroatoms. The molecule has 9 rings (SSSR count). The first-order valence-electron chi connectivity index (χ1n) is 23.3. The molecule has 1 saturated carbocycles. The minimum absolute atomic E-state index is 0.0223. The number of H-pyrrole nitrogens is 2. The number of hydrogen-bond donors (Lipinski definition) is 7. The maximum Gasteiger partial charge on any atom is 0.246 e. The molecule has 0 bridgehead atoms. The number of rotatable bonds is 9. The van der Waals surface area contributed by atoms with Crippen LogP contribution in [0, 0.1) is 11.3 Å². The van der Waals surface area contributed by atoms with Crippen molar-refractivity contribution in [2.24, 2.45) is 5.73 Å². The van der Waals surface area contributed by atoms with Crippen molar-refractivity contribution in [2.75, 3.05) is 19.6 Å². The lowest BCUT2D eigenvalue weighted by molar-refractivity contribution is -0.148. The third kappa shape index (κ3) is 9.36. The van der Waals surface area contributed by atoms with E-state index in [9.17, 15) is 34.0 Å². The van der Waals surface area contributed by atoms with Gasteiger partial charge in [-0.25, -0.2) is 0 Å². The van der Waals surface area contributed by atoms with Crippen LogP contribution in [0.4, 0.5) is 0 Å². The molecule has 3 saturated heterocycles. The molecule has 4 fully saturated rings. The summed E-state index contributed by atoms with van der Waals surface area (Å²) in [6.07, 6.45) is 5.86. The molecule has 2 aromatic heterocycles. The summed E-state index contributed by atoms with van der Waals surface area (Å²) in [6, 6.07) is 18.8. The number of benzene rings is 3. The van der Waals surface area contributed by atoms with Crippen LogP contribution >= 0.6 is 0 Å². The molecule has 4 aliphatic rings. The number of nitriles is 1. The average Bonchev–Trinajstić information content (AvgIpc) is 4.21. The van der Waals surface area contributed by atoms with Crippen molar-refractivity contribution in [3.63, 3.8) is 0 Å². The highest BCUT2D eigenvalue weighted by Gasteiger charge is 2.49. The number of carbonyl (C=O) groups excluding carboxylic acids is 6. The van der Waals surface area contributed by atoms with Crippen molar-refractivity contribution in [3.8, 4) is 6.07 Å². The second-order valence-corrected chi connectivity index (χ2v) is 18.3. The molecule has 5 heterocycles. The van der Waals surface area contributed by atoms with Crippen molar-refractivity contribution in [1.29, 1.82) is 5.26 Å². The normalized spacial score (nSPS) is 25.0. The predicted molar refractivity (Wildman–Crippen MR) is 247 cm³/mol. The lowest BCUT2D eigenvalue weighted by Gasteiger charge is -2.35. The number of ether oxygens (including phenoxy) is 1. The van der Waals surface area contributed by atoms with Crippen molar-refractivity contribution < 1.29 is 33.5 Å². The van der Waals surface area contributed by atoms with Crippen molar-refractivity contribution >= 4 is 57.2 Å². The predicted octanol–water partition coefficient (Wildman–Crippen LogP) is 2.73. The van der Waals surface area contributed by atoms with Gasteiger partial charge in [0.15, 0.2) is 0 Å². The van der Waals surface area contributed by atoms with E-state index in [1.807, 2.05) is 54.6 Å². The van der Waals surface area contributed by atoms with Crippen LogP contribution in [-0.4, -0.2) is 117 Å². The van der Waals surface area contributed by atoms with Crippen molar-refractivity contribution in [1.82, 2.24) is 41.0 Å². The number of nitrogens with one attached hydrogen (secondary N) is 6. The van der Waals surface area contributed by atoms with Gasteiger partial charge in [0, 0.05) is 66.6 Å². The van der Waals surface area contributed by atoms with Crippen LogP contribution in [-0.2, 0) is 53.0 Å². The molecule has 8 N–H and O–H groups in total. The van der Waals surface area contributed by atoms with E-state index in [1.54, 1.807) is 30.6 Å². The lowest BCUT2D eigenvalue weighted by atomic mass is 9.93. The number of carbonyl (C=O) groups is 6. The fraction of sp³-hybridized carbons (Fsp3) is 0.420. The molecule has 6 amide bonds. The zero-order valence-electron chi connectivity index (χ0n) is 37.2. The fourth-order valence-electron chi connectivity index (χ4n) is 10.5. The first kappa shape index (κ1) is 45.1. The number of para-hydroxylation sites is 2. The van der Waals surface area contributed by atoms with Crippen LogP contribution in [0.3, 0.4) is 0 Å². The second-order valence-electron chi connectivity index (χ2n) is 18.3. The van der Waals surface area contributed by atoms with Gasteiger partial charge in [-0.3, -0.25) is 28.8 Å². The van der Waals surface area contributed by atoms with E-state index in [4.69, 9.17) is 10.5 Å². The number of nitrogens with two attached hydrogens (primary N) is 1. The van der Waals surface area contributed by atoms with Gasteiger partial charge >= 0.3 is 0 Å². The Morgan fingerprint density at radius 1 is 0.716 bits per heavy atom. The van der Waals surface area contributed by atoms with Crippen LogP contribution in [0.2, 0.25) is 0 Å². The Kier molecular flexibility index (Phi) is 13.1. The first-order chi connectivity index (χ1) is 32.5. The highest BCUT2D eigenvalue weighted by molar-refractivity contribution is 6.00. The summed E-state index contributed by atoms with van der Waals surface area (Å²) in [5, 5.41) is 23.2. The molecular weight excluding hydrogens is 853 g/mol. The van der Waals surface area contributed by atoms with Crippen molar-refractivity contribution in [3.05, 3.63) is 107 Å². The average molecular weight is 909 g/mol. The quantitative estimate of drug-likeness (QED) is 0.115. The minimum Gasteiger partial charge on any atom is -0.372 e. The first-order valence-corrected chi connectivity index (χ1v) is 23.3. The summed E-state index contributed by atoms with van der Waals surface area (Å²) < 4.78 is 6.34. The van der Waals surface area contributed by atoms with E-state index in [1.165, 1.54) is 9.80 Å². The molecular formula is C50H56N10O7. The maximum atomic E-state index is 14.9. The van der Waals surface area contributed by atoms with Crippen LogP contribution in [0.1, 0.15) is 73.6 Å². The van der Waals surface area contributed by atoms with Crippen LogP contribution in [0.5, 0.6) is 0 Å². The molecule has 1 aliphatic carbocycles. The Balaban J connectivity index is 1.09. The summed E-state index contributed by atoms with van der Waals surface area (Å²) in [7, 11) is 0. The zero-order chi connectivity index (χ0) is 46.7. The lowest BCUT2D eigenvalue weighted by Crippen LogP contribution is -2.65. The monoisotopic (exact) mass is 908 g/mol. The molecule has 17 nitrogen and oxygen atoms in total. The van der Waals surface area contributed by atoms with Gasteiger partial charge in [-0.15, -0.1) is 0 Å². The molecule has 3 aliphatic heterocycles. The number of amides is 6. The summed E-state index contributed by atoms with van der Waals surface area (Å²) in [5.74, 6) is -3.28. The van der Waals surface area contributed by atoms with E-state index in [2.05, 4.69) is 37.3 Å². The van der Waals surface area contributed by atoms with Gasteiger partial charge < -0.3 is 51.5 Å². The van der Waals surface area contributed by atoms with Crippen LogP contribution in [0.25, 0.3) is 21.8 Å². The fourth-order valence-corrected chi connectivity index (χ4v) is 10.5. The number of fused-ring (bicyclic) bond motifs is 4. The molecule has 6 atom stereocenters. The Morgan fingerprint density at radius 2 is 1.37 bits per heavy atom. The van der Waals surface area contributed by atoms with Gasteiger partial charge in [0.1, 0.15) is 35.7 Å². The van der Waals surface area contributed by atoms with E-state index in [0.29, 0.717) is 31.2 Å². The summed E-state index contributed by atoms with van der Waals surface area (Å²) in [5.41, 5.74) is 9.04. The molecule has 1 spiro atoms. The Hall–Kier alpha value is -7.03.